The summed E-state index contributed by atoms with van der Waals surface area (Å²) in [5, 5.41) is 9.82. The van der Waals surface area contributed by atoms with E-state index in [-0.39, 0.29) is 0 Å². The highest BCUT2D eigenvalue weighted by Gasteiger charge is 2.39. The molecule has 0 saturated carbocycles. The maximum atomic E-state index is 12.0. The summed E-state index contributed by atoms with van der Waals surface area (Å²) in [6.07, 6.45) is 4.18. The second kappa shape index (κ2) is 9.04. The molecule has 0 aliphatic rings. The lowest BCUT2D eigenvalue weighted by atomic mass is 9.77. The van der Waals surface area contributed by atoms with Gasteiger partial charge in [0.2, 0.25) is 0 Å². The highest BCUT2D eigenvalue weighted by Crippen LogP contribution is 2.40. The maximum absolute atomic E-state index is 12.0. The summed E-state index contributed by atoms with van der Waals surface area (Å²) in [6, 6.07) is 30.5. The monoisotopic (exact) mass is 440 g/mol. The molecule has 33 heavy (non-hydrogen) atoms. The Morgan fingerprint density at radius 3 is 1.64 bits per heavy atom. The van der Waals surface area contributed by atoms with Crippen LogP contribution in [0.25, 0.3) is 0 Å². The molecule has 0 fully saturated rings. The number of carbonyl (C=O) groups is 1. The molecule has 1 heterocycles. The van der Waals surface area contributed by atoms with E-state index in [4.69, 9.17) is 0 Å². The molecule has 5 heteroatoms. The molecule has 4 aromatic rings. The van der Waals surface area contributed by atoms with E-state index in [1.54, 1.807) is 0 Å². The van der Waals surface area contributed by atoms with E-state index in [2.05, 4.69) is 45.9 Å². The van der Waals surface area contributed by atoms with Crippen molar-refractivity contribution < 1.29 is 14.4 Å². The first-order valence-corrected chi connectivity index (χ1v) is 11.1. The van der Waals surface area contributed by atoms with Gasteiger partial charge in [-0.2, -0.15) is 0 Å². The van der Waals surface area contributed by atoms with Gasteiger partial charge in [0.1, 0.15) is 5.54 Å². The van der Waals surface area contributed by atoms with Crippen molar-refractivity contribution in [3.8, 4) is 0 Å². The third-order valence-electron chi connectivity index (χ3n) is 6.22. The number of hydrogen-bond donors (Lipinski definition) is 1. The van der Waals surface area contributed by atoms with E-state index in [0.29, 0.717) is 10.9 Å². The summed E-state index contributed by atoms with van der Waals surface area (Å²) in [5.74, 6) is -0.822. The van der Waals surface area contributed by atoms with Crippen LogP contribution >= 0.6 is 0 Å². The minimum absolute atomic E-state index is 0.323. The van der Waals surface area contributed by atoms with Crippen molar-refractivity contribution in [1.82, 2.24) is 9.55 Å². The summed E-state index contributed by atoms with van der Waals surface area (Å²) in [7, 11) is 5.70. The Kier molecular flexibility index (Phi) is 6.16. The number of nitrogens with zero attached hydrogens (tertiary/aromatic N) is 3. The summed E-state index contributed by atoms with van der Waals surface area (Å²) < 4.78 is 2.44. The van der Waals surface area contributed by atoms with Crippen LogP contribution in [0.2, 0.25) is 0 Å². The SMILES string of the molecule is C[N+](C)(C)[C@@H](Cc1cn(C(c2ccccc2)(c2ccccc2)c2ccccc2)cn1)C(=O)O. The van der Waals surface area contributed by atoms with E-state index in [1.165, 1.54) is 0 Å². The number of carboxylic acid groups (broad SMARTS) is 1. The molecular weight excluding hydrogens is 410 g/mol. The van der Waals surface area contributed by atoms with Gasteiger partial charge in [0.15, 0.2) is 6.04 Å². The Bertz CT molecular complexity index is 1100. The van der Waals surface area contributed by atoms with Gasteiger partial charge >= 0.3 is 5.97 Å². The minimum Gasteiger partial charge on any atom is -0.477 e. The first-order valence-electron chi connectivity index (χ1n) is 11.1. The van der Waals surface area contributed by atoms with E-state index >= 15 is 0 Å². The van der Waals surface area contributed by atoms with Gasteiger partial charge in [-0.3, -0.25) is 0 Å². The van der Waals surface area contributed by atoms with Crippen LogP contribution in [0.4, 0.5) is 0 Å². The van der Waals surface area contributed by atoms with Crippen LogP contribution in [-0.4, -0.2) is 52.3 Å². The Morgan fingerprint density at radius 2 is 1.27 bits per heavy atom. The van der Waals surface area contributed by atoms with Crippen molar-refractivity contribution in [2.24, 2.45) is 0 Å². The Labute approximate surface area is 195 Å². The number of imidazole rings is 1. The molecule has 3 aromatic carbocycles. The number of quaternary nitrogens is 1. The van der Waals surface area contributed by atoms with Crippen LogP contribution in [0, 0.1) is 0 Å². The van der Waals surface area contributed by atoms with Gasteiger partial charge in [0.25, 0.3) is 0 Å². The van der Waals surface area contributed by atoms with Crippen molar-refractivity contribution in [1.29, 1.82) is 0 Å². The molecule has 168 valence electrons. The van der Waals surface area contributed by atoms with Gasteiger partial charge < -0.3 is 14.2 Å². The standard InChI is InChI=1S/C28H29N3O2/c1-31(2,3)26(27(32)33)19-25-20-30(21-29-25)28(22-13-7-4-8-14-22,23-15-9-5-10-16-23)24-17-11-6-12-18-24/h4-18,20-21,26H,19H2,1-3H3/p+1/t26-/m0/s1. The predicted molar refractivity (Wildman–Crippen MR) is 130 cm³/mol. The molecule has 0 unspecified atom stereocenters. The minimum atomic E-state index is -0.822. The average Bonchev–Trinajstić information content (AvgIpc) is 3.28. The third kappa shape index (κ3) is 4.32. The van der Waals surface area contributed by atoms with Gasteiger partial charge in [0.05, 0.1) is 39.6 Å². The first kappa shape index (κ1) is 22.5. The first-order chi connectivity index (χ1) is 15.8. The highest BCUT2D eigenvalue weighted by molar-refractivity contribution is 5.72. The largest absolute Gasteiger partial charge is 0.477 e. The molecule has 0 aliphatic carbocycles. The maximum Gasteiger partial charge on any atom is 0.362 e. The molecule has 0 bridgehead atoms. The van der Waals surface area contributed by atoms with E-state index < -0.39 is 17.6 Å². The summed E-state index contributed by atoms with van der Waals surface area (Å²) >= 11 is 0. The zero-order chi connectivity index (χ0) is 23.5. The van der Waals surface area contributed by atoms with Crippen LogP contribution in [-0.2, 0) is 16.8 Å². The molecule has 1 atom stereocenters. The van der Waals surface area contributed by atoms with E-state index in [1.807, 2.05) is 88.3 Å². The molecule has 0 saturated heterocycles. The fraction of sp³-hybridized carbons (Fsp3) is 0.214. The van der Waals surface area contributed by atoms with E-state index in [0.717, 1.165) is 22.4 Å². The quantitative estimate of drug-likeness (QED) is 0.326. The summed E-state index contributed by atoms with van der Waals surface area (Å²) in [6.45, 7) is 0. The Balaban J connectivity index is 1.93. The number of benzene rings is 3. The number of aromatic nitrogens is 2. The number of carboxylic acids is 1. The number of likely N-dealkylation sites (N-methyl/N-ethyl adjacent to an activating group) is 1. The van der Waals surface area contributed by atoms with Gasteiger partial charge in [-0.15, -0.1) is 0 Å². The number of hydrogen-bond acceptors (Lipinski definition) is 2. The molecule has 5 nitrogen and oxygen atoms in total. The lowest BCUT2D eigenvalue weighted by molar-refractivity contribution is -0.887. The number of aliphatic carboxylic acids is 1. The fourth-order valence-electron chi connectivity index (χ4n) is 4.53. The van der Waals surface area contributed by atoms with E-state index in [9.17, 15) is 9.90 Å². The van der Waals surface area contributed by atoms with Crippen LogP contribution < -0.4 is 0 Å². The second-order valence-corrected chi connectivity index (χ2v) is 9.26. The van der Waals surface area contributed by atoms with Crippen LogP contribution in [0.1, 0.15) is 22.4 Å². The van der Waals surface area contributed by atoms with Crippen molar-refractivity contribution in [3.05, 3.63) is 126 Å². The molecular formula is C28H30N3O2+. The van der Waals surface area contributed by atoms with Gasteiger partial charge in [-0.25, -0.2) is 9.78 Å². The normalized spacial score (nSPS) is 12.9. The van der Waals surface area contributed by atoms with Crippen molar-refractivity contribution >= 4 is 5.97 Å². The number of rotatable bonds is 8. The van der Waals surface area contributed by atoms with Gasteiger partial charge in [0, 0.05) is 6.20 Å². The van der Waals surface area contributed by atoms with Gasteiger partial charge in [-0.1, -0.05) is 91.0 Å². The molecule has 0 amide bonds. The topological polar surface area (TPSA) is 55.1 Å². The molecule has 0 spiro atoms. The van der Waals surface area contributed by atoms with Crippen molar-refractivity contribution in [2.45, 2.75) is 18.0 Å². The molecule has 1 aromatic heterocycles. The fourth-order valence-corrected chi connectivity index (χ4v) is 4.53. The smallest absolute Gasteiger partial charge is 0.362 e. The average molecular weight is 441 g/mol. The zero-order valence-electron chi connectivity index (χ0n) is 19.3. The molecule has 0 aliphatic heterocycles. The van der Waals surface area contributed by atoms with Crippen LogP contribution in [0.15, 0.2) is 104 Å². The van der Waals surface area contributed by atoms with Crippen LogP contribution in [0.3, 0.4) is 0 Å². The summed E-state index contributed by atoms with van der Waals surface area (Å²) in [4.78, 5) is 16.7. The second-order valence-electron chi connectivity index (χ2n) is 9.26. The van der Waals surface area contributed by atoms with Crippen molar-refractivity contribution in [2.75, 3.05) is 21.1 Å². The predicted octanol–water partition coefficient (Wildman–Crippen LogP) is 4.43. The van der Waals surface area contributed by atoms with Crippen molar-refractivity contribution in [3.63, 3.8) is 0 Å². The lowest BCUT2D eigenvalue weighted by Crippen LogP contribution is -2.51. The summed E-state index contributed by atoms with van der Waals surface area (Å²) in [5.41, 5.74) is 3.42. The molecule has 0 radical (unpaired) electrons. The van der Waals surface area contributed by atoms with Crippen LogP contribution in [0.5, 0.6) is 0 Å². The Morgan fingerprint density at radius 1 is 0.848 bits per heavy atom. The molecule has 1 N–H and O–H groups in total. The lowest BCUT2D eigenvalue weighted by Gasteiger charge is -2.37. The highest BCUT2D eigenvalue weighted by atomic mass is 16.4. The molecule has 4 rings (SSSR count). The third-order valence-corrected chi connectivity index (χ3v) is 6.22. The Hall–Kier alpha value is -3.70. The van der Waals surface area contributed by atoms with Gasteiger partial charge in [-0.05, 0) is 16.7 Å². The zero-order valence-corrected chi connectivity index (χ0v) is 19.3.